The zero-order chi connectivity index (χ0) is 14.8. The smallest absolute Gasteiger partial charge is 0.253 e. The van der Waals surface area contributed by atoms with Crippen LogP contribution in [0, 0.1) is 6.92 Å². The summed E-state index contributed by atoms with van der Waals surface area (Å²) in [7, 11) is 0. The van der Waals surface area contributed by atoms with Crippen molar-refractivity contribution in [3.8, 4) is 0 Å². The number of aromatic nitrogens is 2. The number of hydrogen-bond donors (Lipinski definition) is 1. The van der Waals surface area contributed by atoms with Crippen molar-refractivity contribution in [1.29, 1.82) is 0 Å². The fourth-order valence-corrected chi connectivity index (χ4v) is 2.54. The van der Waals surface area contributed by atoms with Gasteiger partial charge in [-0.25, -0.2) is 4.98 Å². The van der Waals surface area contributed by atoms with E-state index in [0.29, 0.717) is 6.54 Å². The second-order valence-electron chi connectivity index (χ2n) is 5.20. The second-order valence-corrected chi connectivity index (χ2v) is 5.20. The van der Waals surface area contributed by atoms with E-state index < -0.39 is 0 Å². The molecule has 2 aromatic carbocycles. The highest BCUT2D eigenvalue weighted by Crippen LogP contribution is 2.23. The molecule has 0 radical (unpaired) electrons. The van der Waals surface area contributed by atoms with Gasteiger partial charge in [0, 0.05) is 24.3 Å². The van der Waals surface area contributed by atoms with Gasteiger partial charge in [0.15, 0.2) is 0 Å². The average molecular weight is 279 g/mol. The van der Waals surface area contributed by atoms with E-state index in [0.717, 1.165) is 22.0 Å². The Bertz CT molecular complexity index is 833. The molecule has 0 aliphatic heterocycles. The van der Waals surface area contributed by atoms with E-state index in [2.05, 4.69) is 23.2 Å². The van der Waals surface area contributed by atoms with E-state index in [1.807, 2.05) is 24.3 Å². The van der Waals surface area contributed by atoms with Crippen molar-refractivity contribution in [2.24, 2.45) is 5.73 Å². The monoisotopic (exact) mass is 279 g/mol. The molecule has 0 saturated heterocycles. The van der Waals surface area contributed by atoms with Gasteiger partial charge in [0.1, 0.15) is 0 Å². The minimum absolute atomic E-state index is 0.0711. The molecule has 0 fully saturated rings. The quantitative estimate of drug-likeness (QED) is 0.801. The highest BCUT2D eigenvalue weighted by Gasteiger charge is 2.11. The number of aryl methyl sites for hydroxylation is 1. The van der Waals surface area contributed by atoms with Gasteiger partial charge in [0.25, 0.3) is 5.56 Å². The number of benzene rings is 2. The van der Waals surface area contributed by atoms with Crippen molar-refractivity contribution in [1.82, 2.24) is 9.55 Å². The minimum Gasteiger partial charge on any atom is -0.322 e. The molecule has 3 rings (SSSR count). The van der Waals surface area contributed by atoms with Crippen molar-refractivity contribution < 1.29 is 0 Å². The Labute approximate surface area is 122 Å². The Morgan fingerprint density at radius 3 is 2.76 bits per heavy atom. The molecular weight excluding hydrogens is 262 g/mol. The second kappa shape index (κ2) is 5.50. The molecule has 106 valence electrons. The third kappa shape index (κ3) is 2.71. The first-order chi connectivity index (χ1) is 10.1. The predicted molar refractivity (Wildman–Crippen MR) is 84.1 cm³/mol. The highest BCUT2D eigenvalue weighted by atomic mass is 16.1. The Morgan fingerprint density at radius 1 is 1.19 bits per heavy atom. The molecule has 3 aromatic rings. The van der Waals surface area contributed by atoms with Gasteiger partial charge in [-0.1, -0.05) is 42.5 Å². The summed E-state index contributed by atoms with van der Waals surface area (Å²) in [6.07, 6.45) is 1.56. The highest BCUT2D eigenvalue weighted by molar-refractivity contribution is 5.86. The van der Waals surface area contributed by atoms with Crippen LogP contribution in [0.4, 0.5) is 0 Å². The molecule has 0 bridgehead atoms. The fraction of sp³-hybridized carbons (Fsp3) is 0.176. The van der Waals surface area contributed by atoms with E-state index in [1.54, 1.807) is 17.8 Å². The molecule has 4 nitrogen and oxygen atoms in total. The van der Waals surface area contributed by atoms with Crippen LogP contribution in [-0.4, -0.2) is 9.55 Å². The van der Waals surface area contributed by atoms with Crippen LogP contribution in [0.1, 0.15) is 17.3 Å². The van der Waals surface area contributed by atoms with Crippen LogP contribution >= 0.6 is 0 Å². The number of rotatable bonds is 3. The van der Waals surface area contributed by atoms with Crippen molar-refractivity contribution in [3.05, 3.63) is 76.5 Å². The number of nitrogens with zero attached hydrogens (tertiary/aromatic N) is 2. The van der Waals surface area contributed by atoms with E-state index >= 15 is 0 Å². The molecule has 0 aliphatic rings. The van der Waals surface area contributed by atoms with Gasteiger partial charge in [-0.3, -0.25) is 9.36 Å². The van der Waals surface area contributed by atoms with Crippen molar-refractivity contribution in [2.75, 3.05) is 0 Å². The van der Waals surface area contributed by atoms with Crippen molar-refractivity contribution in [2.45, 2.75) is 19.5 Å². The Kier molecular flexibility index (Phi) is 3.54. The van der Waals surface area contributed by atoms with Crippen molar-refractivity contribution >= 4 is 10.8 Å². The van der Waals surface area contributed by atoms with E-state index in [-0.39, 0.29) is 11.6 Å². The molecule has 0 amide bonds. The Hall–Kier alpha value is -2.46. The molecule has 21 heavy (non-hydrogen) atoms. The summed E-state index contributed by atoms with van der Waals surface area (Å²) >= 11 is 0. The maximum atomic E-state index is 11.9. The lowest BCUT2D eigenvalue weighted by molar-refractivity contribution is 0.555. The normalized spacial score (nSPS) is 12.5. The summed E-state index contributed by atoms with van der Waals surface area (Å²) in [5.74, 6) is 0. The first-order valence-electron chi connectivity index (χ1n) is 6.91. The summed E-state index contributed by atoms with van der Waals surface area (Å²) < 4.78 is 1.56. The maximum Gasteiger partial charge on any atom is 0.253 e. The first kappa shape index (κ1) is 13.5. The third-order valence-electron chi connectivity index (χ3n) is 3.63. The standard InChI is InChI=1S/C17H17N3O/c1-12-9-17(21)20(11-19-12)10-16(18)15-8-4-6-13-5-2-3-7-14(13)15/h2-9,11,16H,10,18H2,1H3. The van der Waals surface area contributed by atoms with Gasteiger partial charge in [0.05, 0.1) is 6.33 Å². The molecule has 1 atom stereocenters. The molecule has 2 N–H and O–H groups in total. The predicted octanol–water partition coefficient (Wildman–Crippen LogP) is 2.40. The summed E-state index contributed by atoms with van der Waals surface area (Å²) in [5, 5.41) is 2.28. The molecule has 0 aliphatic carbocycles. The molecular formula is C17H17N3O. The molecule has 0 spiro atoms. The van der Waals surface area contributed by atoms with Crippen LogP contribution in [-0.2, 0) is 6.54 Å². The summed E-state index contributed by atoms with van der Waals surface area (Å²) in [6, 6.07) is 15.5. The maximum absolute atomic E-state index is 11.9. The topological polar surface area (TPSA) is 60.9 Å². The van der Waals surface area contributed by atoms with E-state index in [1.165, 1.54) is 6.07 Å². The number of nitrogens with two attached hydrogens (primary N) is 1. The summed E-state index contributed by atoms with van der Waals surface area (Å²) in [4.78, 5) is 16.1. The zero-order valence-corrected chi connectivity index (χ0v) is 11.9. The summed E-state index contributed by atoms with van der Waals surface area (Å²) in [5.41, 5.74) is 8.00. The lowest BCUT2D eigenvalue weighted by Gasteiger charge is -2.16. The van der Waals surface area contributed by atoms with Gasteiger partial charge < -0.3 is 5.73 Å². The van der Waals surface area contributed by atoms with Gasteiger partial charge in [-0.2, -0.15) is 0 Å². The van der Waals surface area contributed by atoms with Crippen LogP contribution in [0.2, 0.25) is 0 Å². The third-order valence-corrected chi connectivity index (χ3v) is 3.63. The average Bonchev–Trinajstić information content (AvgIpc) is 2.49. The van der Waals surface area contributed by atoms with Gasteiger partial charge in [0.2, 0.25) is 0 Å². The van der Waals surface area contributed by atoms with Crippen LogP contribution in [0.25, 0.3) is 10.8 Å². The van der Waals surface area contributed by atoms with Gasteiger partial charge in [-0.15, -0.1) is 0 Å². The first-order valence-corrected chi connectivity index (χ1v) is 6.91. The number of fused-ring (bicyclic) bond motifs is 1. The van der Waals surface area contributed by atoms with Gasteiger partial charge in [-0.05, 0) is 23.3 Å². The lowest BCUT2D eigenvalue weighted by atomic mass is 9.99. The minimum atomic E-state index is -0.252. The zero-order valence-electron chi connectivity index (χ0n) is 11.9. The molecule has 4 heteroatoms. The Balaban J connectivity index is 1.97. The number of hydrogen-bond acceptors (Lipinski definition) is 3. The molecule has 1 heterocycles. The van der Waals surface area contributed by atoms with Crippen LogP contribution < -0.4 is 11.3 Å². The molecule has 1 unspecified atom stereocenters. The fourth-order valence-electron chi connectivity index (χ4n) is 2.54. The lowest BCUT2D eigenvalue weighted by Crippen LogP contribution is -2.26. The van der Waals surface area contributed by atoms with Crippen LogP contribution in [0.15, 0.2) is 59.7 Å². The Morgan fingerprint density at radius 2 is 1.95 bits per heavy atom. The van der Waals surface area contributed by atoms with E-state index in [9.17, 15) is 4.79 Å². The van der Waals surface area contributed by atoms with Gasteiger partial charge >= 0.3 is 0 Å². The summed E-state index contributed by atoms with van der Waals surface area (Å²) in [6.45, 7) is 2.22. The molecule has 1 aromatic heterocycles. The SMILES string of the molecule is Cc1cc(=O)n(CC(N)c2cccc3ccccc23)cn1. The van der Waals surface area contributed by atoms with Crippen LogP contribution in [0.5, 0.6) is 0 Å². The molecule has 0 saturated carbocycles. The largest absolute Gasteiger partial charge is 0.322 e. The van der Waals surface area contributed by atoms with Crippen LogP contribution in [0.3, 0.4) is 0 Å². The van der Waals surface area contributed by atoms with Crippen molar-refractivity contribution in [3.63, 3.8) is 0 Å². The van der Waals surface area contributed by atoms with E-state index in [4.69, 9.17) is 5.73 Å².